The number of hydrogen-bond donors (Lipinski definition) is 1. The van der Waals surface area contributed by atoms with Gasteiger partial charge in [0, 0.05) is 23.5 Å². The summed E-state index contributed by atoms with van der Waals surface area (Å²) in [5.41, 5.74) is 1.93. The Morgan fingerprint density at radius 1 is 1.19 bits per heavy atom. The van der Waals surface area contributed by atoms with Crippen LogP contribution in [0, 0.1) is 3.57 Å². The highest BCUT2D eigenvalue weighted by Gasteiger charge is 2.13. The van der Waals surface area contributed by atoms with Crippen LogP contribution in [0.1, 0.15) is 30.4 Å². The number of halogens is 3. The molecule has 1 aromatic heterocycles. The first-order valence-corrected chi connectivity index (χ1v) is 8.56. The summed E-state index contributed by atoms with van der Waals surface area (Å²) in [6.07, 6.45) is 2.50. The standard InChI is InChI=1S/C15H16Cl2IN3/c1-3-5-12-14(18)15(19-2)21-13(20-12)8-9-10(16)6-4-7-11(9)17/h4,6-7H,3,5,8H2,1-2H3,(H,19,20,21). The molecule has 1 aromatic carbocycles. The van der Waals surface area contributed by atoms with E-state index < -0.39 is 0 Å². The Morgan fingerprint density at radius 2 is 1.86 bits per heavy atom. The SMILES string of the molecule is CCCc1nc(Cc2c(Cl)cccc2Cl)nc(NC)c1I. The minimum atomic E-state index is 0.529. The van der Waals surface area contributed by atoms with Crippen LogP contribution in [0.25, 0.3) is 0 Å². The minimum absolute atomic E-state index is 0.529. The third-order valence-electron chi connectivity index (χ3n) is 3.09. The molecule has 0 aliphatic rings. The van der Waals surface area contributed by atoms with E-state index in [1.807, 2.05) is 25.2 Å². The van der Waals surface area contributed by atoms with Crippen molar-refractivity contribution in [2.45, 2.75) is 26.2 Å². The lowest BCUT2D eigenvalue weighted by molar-refractivity contribution is 0.834. The molecule has 0 spiro atoms. The van der Waals surface area contributed by atoms with E-state index in [-0.39, 0.29) is 0 Å². The highest BCUT2D eigenvalue weighted by molar-refractivity contribution is 14.1. The van der Waals surface area contributed by atoms with Gasteiger partial charge in [0.1, 0.15) is 11.6 Å². The number of rotatable bonds is 5. The van der Waals surface area contributed by atoms with Crippen molar-refractivity contribution in [2.24, 2.45) is 0 Å². The average molecular weight is 436 g/mol. The second-order valence-corrected chi connectivity index (χ2v) is 6.52. The van der Waals surface area contributed by atoms with Gasteiger partial charge in [-0.3, -0.25) is 0 Å². The van der Waals surface area contributed by atoms with E-state index in [2.05, 4.69) is 44.8 Å². The molecule has 0 saturated carbocycles. The van der Waals surface area contributed by atoms with Crippen LogP contribution in [0.15, 0.2) is 18.2 Å². The van der Waals surface area contributed by atoms with Crippen LogP contribution in [0.4, 0.5) is 5.82 Å². The van der Waals surface area contributed by atoms with Crippen molar-refractivity contribution in [3.8, 4) is 0 Å². The maximum Gasteiger partial charge on any atom is 0.143 e. The Bertz CT molecular complexity index is 627. The summed E-state index contributed by atoms with van der Waals surface area (Å²) in [5, 5.41) is 4.42. The molecule has 6 heteroatoms. The molecule has 112 valence electrons. The fourth-order valence-corrected chi connectivity index (χ4v) is 3.36. The van der Waals surface area contributed by atoms with Crippen LogP contribution >= 0.6 is 45.8 Å². The number of anilines is 1. The maximum atomic E-state index is 6.23. The topological polar surface area (TPSA) is 37.8 Å². The molecule has 0 amide bonds. The highest BCUT2D eigenvalue weighted by Crippen LogP contribution is 2.27. The van der Waals surface area contributed by atoms with E-state index in [1.165, 1.54) is 0 Å². The summed E-state index contributed by atoms with van der Waals surface area (Å²) in [5.74, 6) is 1.59. The van der Waals surface area contributed by atoms with Crippen LogP contribution in [-0.2, 0) is 12.8 Å². The molecule has 0 bridgehead atoms. The summed E-state index contributed by atoms with van der Waals surface area (Å²) < 4.78 is 1.07. The van der Waals surface area contributed by atoms with E-state index in [1.54, 1.807) is 0 Å². The lowest BCUT2D eigenvalue weighted by Crippen LogP contribution is -2.08. The van der Waals surface area contributed by atoms with Crippen LogP contribution in [0.2, 0.25) is 10.0 Å². The Labute approximate surface area is 148 Å². The number of benzene rings is 1. The van der Waals surface area contributed by atoms with Crippen LogP contribution in [-0.4, -0.2) is 17.0 Å². The summed E-state index contributed by atoms with van der Waals surface area (Å²) in [6.45, 7) is 2.14. The minimum Gasteiger partial charge on any atom is -0.372 e. The predicted molar refractivity (Wildman–Crippen MR) is 97.6 cm³/mol. The van der Waals surface area contributed by atoms with Gasteiger partial charge in [-0.2, -0.15) is 0 Å². The third-order valence-corrected chi connectivity index (χ3v) is 4.93. The molecule has 0 atom stereocenters. The molecule has 0 aliphatic heterocycles. The summed E-state index contributed by atoms with van der Waals surface area (Å²) in [4.78, 5) is 9.24. The van der Waals surface area contributed by atoms with E-state index in [0.29, 0.717) is 16.5 Å². The van der Waals surface area contributed by atoms with Gasteiger partial charge in [-0.25, -0.2) is 9.97 Å². The number of aryl methyl sites for hydroxylation is 1. The van der Waals surface area contributed by atoms with Gasteiger partial charge in [-0.15, -0.1) is 0 Å². The first-order chi connectivity index (χ1) is 10.1. The lowest BCUT2D eigenvalue weighted by Gasteiger charge is -2.12. The molecule has 0 unspecified atom stereocenters. The van der Waals surface area contributed by atoms with Gasteiger partial charge in [0.15, 0.2) is 0 Å². The van der Waals surface area contributed by atoms with Crippen molar-refractivity contribution in [2.75, 3.05) is 12.4 Å². The summed E-state index contributed by atoms with van der Waals surface area (Å²) >= 11 is 14.7. The maximum absolute atomic E-state index is 6.23. The Balaban J connectivity index is 2.42. The number of nitrogens with one attached hydrogen (secondary N) is 1. The van der Waals surface area contributed by atoms with E-state index in [0.717, 1.165) is 39.3 Å². The number of nitrogens with zero attached hydrogens (tertiary/aromatic N) is 2. The molecule has 0 fully saturated rings. The molecule has 21 heavy (non-hydrogen) atoms. The summed E-state index contributed by atoms with van der Waals surface area (Å²) in [7, 11) is 1.87. The van der Waals surface area contributed by atoms with Crippen LogP contribution in [0.3, 0.4) is 0 Å². The van der Waals surface area contributed by atoms with Gasteiger partial charge in [-0.05, 0) is 46.7 Å². The van der Waals surface area contributed by atoms with Crippen molar-refractivity contribution in [3.63, 3.8) is 0 Å². The molecule has 1 heterocycles. The predicted octanol–water partition coefficient (Wildman–Crippen LogP) is 4.97. The molecule has 2 aromatic rings. The smallest absolute Gasteiger partial charge is 0.143 e. The molecule has 0 aliphatic carbocycles. The highest BCUT2D eigenvalue weighted by atomic mass is 127. The van der Waals surface area contributed by atoms with Gasteiger partial charge in [0.25, 0.3) is 0 Å². The Morgan fingerprint density at radius 3 is 2.43 bits per heavy atom. The van der Waals surface area contributed by atoms with Gasteiger partial charge in [0.2, 0.25) is 0 Å². The second kappa shape index (κ2) is 7.61. The quantitative estimate of drug-likeness (QED) is 0.673. The third kappa shape index (κ3) is 3.99. The van der Waals surface area contributed by atoms with E-state index >= 15 is 0 Å². The van der Waals surface area contributed by atoms with Gasteiger partial charge < -0.3 is 5.32 Å². The molecular formula is C15H16Cl2IN3. The molecule has 2 rings (SSSR count). The normalized spacial score (nSPS) is 10.7. The fourth-order valence-electron chi connectivity index (χ4n) is 2.05. The van der Waals surface area contributed by atoms with Crippen molar-refractivity contribution >= 4 is 51.6 Å². The van der Waals surface area contributed by atoms with E-state index in [4.69, 9.17) is 23.2 Å². The van der Waals surface area contributed by atoms with Crippen LogP contribution in [0.5, 0.6) is 0 Å². The zero-order valence-electron chi connectivity index (χ0n) is 11.9. The molecule has 1 N–H and O–H groups in total. The summed E-state index contributed by atoms with van der Waals surface area (Å²) in [6, 6.07) is 5.51. The molecule has 3 nitrogen and oxygen atoms in total. The lowest BCUT2D eigenvalue weighted by atomic mass is 10.1. The van der Waals surface area contributed by atoms with E-state index in [9.17, 15) is 0 Å². The largest absolute Gasteiger partial charge is 0.372 e. The molecule has 0 radical (unpaired) electrons. The zero-order valence-corrected chi connectivity index (χ0v) is 15.6. The monoisotopic (exact) mass is 435 g/mol. The Kier molecular flexibility index (Phi) is 6.08. The Hall–Kier alpha value is -0.590. The van der Waals surface area contributed by atoms with Crippen molar-refractivity contribution in [3.05, 3.63) is 48.9 Å². The van der Waals surface area contributed by atoms with Gasteiger partial charge >= 0.3 is 0 Å². The van der Waals surface area contributed by atoms with Gasteiger partial charge in [-0.1, -0.05) is 42.6 Å². The van der Waals surface area contributed by atoms with Crippen molar-refractivity contribution < 1.29 is 0 Å². The number of aromatic nitrogens is 2. The van der Waals surface area contributed by atoms with Crippen LogP contribution < -0.4 is 5.32 Å². The first kappa shape index (κ1) is 16.8. The second-order valence-electron chi connectivity index (χ2n) is 4.63. The number of hydrogen-bond acceptors (Lipinski definition) is 3. The van der Waals surface area contributed by atoms with Crippen molar-refractivity contribution in [1.82, 2.24) is 9.97 Å². The molecular weight excluding hydrogens is 420 g/mol. The average Bonchev–Trinajstić information content (AvgIpc) is 2.46. The molecule has 0 saturated heterocycles. The fraction of sp³-hybridized carbons (Fsp3) is 0.333. The van der Waals surface area contributed by atoms with Crippen molar-refractivity contribution in [1.29, 1.82) is 0 Å². The first-order valence-electron chi connectivity index (χ1n) is 6.72. The zero-order chi connectivity index (χ0) is 15.4. The van der Waals surface area contributed by atoms with Gasteiger partial charge in [0.05, 0.1) is 9.26 Å².